The summed E-state index contributed by atoms with van der Waals surface area (Å²) in [6.45, 7) is 1.80. The molecule has 0 saturated carbocycles. The number of benzene rings is 1. The summed E-state index contributed by atoms with van der Waals surface area (Å²) in [5.41, 5.74) is 3.36. The molecule has 1 aromatic carbocycles. The lowest BCUT2D eigenvalue weighted by Gasteiger charge is -2.08. The predicted molar refractivity (Wildman–Crippen MR) is 82.1 cm³/mol. The molecule has 2 aromatic heterocycles. The summed E-state index contributed by atoms with van der Waals surface area (Å²) in [6, 6.07) is 11.4. The molecule has 6 nitrogen and oxygen atoms in total. The van der Waals surface area contributed by atoms with E-state index in [4.69, 9.17) is 5.26 Å². The van der Waals surface area contributed by atoms with Crippen LogP contribution in [0.1, 0.15) is 18.9 Å². The average Bonchev–Trinajstić information content (AvgIpc) is 2.98. The van der Waals surface area contributed by atoms with E-state index >= 15 is 0 Å². The summed E-state index contributed by atoms with van der Waals surface area (Å²) in [6.07, 6.45) is 3.56. The molecule has 0 aliphatic rings. The number of aromatic nitrogens is 3. The number of anilines is 1. The second-order valence-electron chi connectivity index (χ2n) is 4.72. The first-order valence-corrected chi connectivity index (χ1v) is 6.86. The summed E-state index contributed by atoms with van der Waals surface area (Å²) in [5.74, 6) is -0.0390. The molecule has 0 fully saturated rings. The number of rotatable bonds is 3. The number of carbonyl (C=O) groups excluding carboxylic acids is 1. The van der Waals surface area contributed by atoms with Crippen LogP contribution < -0.4 is 5.32 Å². The van der Waals surface area contributed by atoms with Crippen LogP contribution in [0, 0.1) is 11.3 Å². The summed E-state index contributed by atoms with van der Waals surface area (Å²) in [7, 11) is 0. The van der Waals surface area contributed by atoms with Gasteiger partial charge in [0.2, 0.25) is 5.91 Å². The number of hydrogen-bond donors (Lipinski definition) is 1. The molecule has 3 aromatic rings. The van der Waals surface area contributed by atoms with E-state index < -0.39 is 0 Å². The topological polar surface area (TPSA) is 83.1 Å². The van der Waals surface area contributed by atoms with Gasteiger partial charge in [0.05, 0.1) is 11.9 Å². The molecule has 0 bridgehead atoms. The third-order valence-electron chi connectivity index (χ3n) is 3.28. The Morgan fingerprint density at radius 3 is 3.05 bits per heavy atom. The number of hydrogen-bond acceptors (Lipinski definition) is 4. The summed E-state index contributed by atoms with van der Waals surface area (Å²) >= 11 is 0. The lowest BCUT2D eigenvalue weighted by atomic mass is 10.1. The molecule has 0 spiro atoms. The Kier molecular flexibility index (Phi) is 3.54. The van der Waals surface area contributed by atoms with E-state index in [2.05, 4.69) is 21.5 Å². The van der Waals surface area contributed by atoms with Gasteiger partial charge in [-0.1, -0.05) is 19.1 Å². The lowest BCUT2D eigenvalue weighted by Crippen LogP contribution is -2.09. The summed E-state index contributed by atoms with van der Waals surface area (Å²) in [4.78, 5) is 15.7. The fourth-order valence-electron chi connectivity index (χ4n) is 2.19. The Labute approximate surface area is 127 Å². The quantitative estimate of drug-likeness (QED) is 0.804. The summed E-state index contributed by atoms with van der Waals surface area (Å²) in [5, 5.41) is 16.1. The van der Waals surface area contributed by atoms with Gasteiger partial charge in [0.25, 0.3) is 0 Å². The van der Waals surface area contributed by atoms with Crippen LogP contribution in [0.2, 0.25) is 0 Å². The Hall–Kier alpha value is -3.20. The normalized spacial score (nSPS) is 10.4. The Morgan fingerprint density at radius 2 is 2.27 bits per heavy atom. The van der Waals surface area contributed by atoms with Crippen LogP contribution >= 0.6 is 0 Å². The van der Waals surface area contributed by atoms with Gasteiger partial charge in [0.1, 0.15) is 11.6 Å². The second kappa shape index (κ2) is 5.66. The van der Waals surface area contributed by atoms with Crippen molar-refractivity contribution in [2.75, 3.05) is 5.32 Å². The smallest absolute Gasteiger partial charge is 0.224 e. The van der Waals surface area contributed by atoms with Crippen molar-refractivity contribution in [3.63, 3.8) is 0 Å². The van der Waals surface area contributed by atoms with Crippen molar-refractivity contribution in [3.05, 3.63) is 48.3 Å². The minimum atomic E-state index is -0.0390. The molecule has 0 saturated heterocycles. The van der Waals surface area contributed by atoms with Crippen molar-refractivity contribution in [1.29, 1.82) is 5.26 Å². The van der Waals surface area contributed by atoms with E-state index in [0.29, 0.717) is 17.6 Å². The number of nitrogens with zero attached hydrogens (tertiary/aromatic N) is 4. The van der Waals surface area contributed by atoms with E-state index in [1.54, 1.807) is 17.6 Å². The van der Waals surface area contributed by atoms with Crippen molar-refractivity contribution in [1.82, 2.24) is 14.6 Å². The molecular formula is C16H13N5O. The van der Waals surface area contributed by atoms with Crippen LogP contribution in [0.25, 0.3) is 16.9 Å². The molecule has 0 aliphatic heterocycles. The van der Waals surface area contributed by atoms with Gasteiger partial charge in [-0.2, -0.15) is 10.4 Å². The van der Waals surface area contributed by atoms with Crippen molar-refractivity contribution in [2.24, 2.45) is 0 Å². The maximum Gasteiger partial charge on any atom is 0.224 e. The van der Waals surface area contributed by atoms with E-state index in [9.17, 15) is 4.79 Å². The average molecular weight is 291 g/mol. The van der Waals surface area contributed by atoms with Gasteiger partial charge in [0, 0.05) is 23.9 Å². The van der Waals surface area contributed by atoms with Gasteiger partial charge in [0.15, 0.2) is 5.65 Å². The molecule has 22 heavy (non-hydrogen) atoms. The minimum absolute atomic E-state index is 0.0390. The first kappa shape index (κ1) is 13.8. The summed E-state index contributed by atoms with van der Waals surface area (Å²) < 4.78 is 1.62. The molecule has 3 rings (SSSR count). The van der Waals surface area contributed by atoms with Gasteiger partial charge >= 0.3 is 0 Å². The number of amides is 1. The van der Waals surface area contributed by atoms with E-state index in [1.165, 1.54) is 6.20 Å². The van der Waals surface area contributed by atoms with E-state index in [-0.39, 0.29) is 5.91 Å². The van der Waals surface area contributed by atoms with Crippen LogP contribution in [0.5, 0.6) is 0 Å². The number of carbonyl (C=O) groups is 1. The van der Waals surface area contributed by atoms with Crippen LogP contribution in [-0.2, 0) is 4.79 Å². The van der Waals surface area contributed by atoms with Crippen LogP contribution in [0.15, 0.2) is 42.7 Å². The van der Waals surface area contributed by atoms with E-state index in [0.717, 1.165) is 16.9 Å². The van der Waals surface area contributed by atoms with Gasteiger partial charge in [-0.05, 0) is 18.2 Å². The SMILES string of the molecule is CCC(=O)Nc1cccc(-c2ccnc3c(C#N)cnn23)c1. The fraction of sp³-hybridized carbons (Fsp3) is 0.125. The Bertz CT molecular complexity index is 891. The maximum atomic E-state index is 11.5. The number of fused-ring (bicyclic) bond motifs is 1. The van der Waals surface area contributed by atoms with Gasteiger partial charge in [-0.25, -0.2) is 9.50 Å². The molecule has 6 heteroatoms. The number of nitrogens with one attached hydrogen (secondary N) is 1. The third-order valence-corrected chi connectivity index (χ3v) is 3.28. The molecule has 0 unspecified atom stereocenters. The zero-order valence-electron chi connectivity index (χ0n) is 11.9. The molecule has 0 radical (unpaired) electrons. The lowest BCUT2D eigenvalue weighted by molar-refractivity contribution is -0.115. The molecule has 0 aliphatic carbocycles. The highest BCUT2D eigenvalue weighted by atomic mass is 16.1. The zero-order valence-corrected chi connectivity index (χ0v) is 11.9. The molecule has 1 amide bonds. The maximum absolute atomic E-state index is 11.5. The molecular weight excluding hydrogens is 278 g/mol. The highest BCUT2D eigenvalue weighted by Gasteiger charge is 2.10. The van der Waals surface area contributed by atoms with Gasteiger partial charge in [-0.3, -0.25) is 4.79 Å². The highest BCUT2D eigenvalue weighted by Crippen LogP contribution is 2.23. The van der Waals surface area contributed by atoms with Crippen molar-refractivity contribution in [2.45, 2.75) is 13.3 Å². The second-order valence-corrected chi connectivity index (χ2v) is 4.72. The predicted octanol–water partition coefficient (Wildman–Crippen LogP) is 2.62. The third kappa shape index (κ3) is 2.40. The molecule has 1 N–H and O–H groups in total. The molecule has 0 atom stereocenters. The van der Waals surface area contributed by atoms with Gasteiger partial charge in [-0.15, -0.1) is 0 Å². The zero-order chi connectivity index (χ0) is 15.5. The Morgan fingerprint density at radius 1 is 1.41 bits per heavy atom. The standard InChI is InChI=1S/C16H13N5O/c1-2-15(22)20-13-5-3-4-11(8-13)14-6-7-18-16-12(9-17)10-19-21(14)16/h3-8,10H,2H2,1H3,(H,20,22). The molecule has 108 valence electrons. The molecule has 2 heterocycles. The minimum Gasteiger partial charge on any atom is -0.326 e. The Balaban J connectivity index is 2.08. The first-order chi connectivity index (χ1) is 10.7. The van der Waals surface area contributed by atoms with Crippen molar-refractivity contribution in [3.8, 4) is 17.3 Å². The van der Waals surface area contributed by atoms with Crippen LogP contribution in [0.3, 0.4) is 0 Å². The van der Waals surface area contributed by atoms with Crippen LogP contribution in [-0.4, -0.2) is 20.5 Å². The van der Waals surface area contributed by atoms with Crippen LogP contribution in [0.4, 0.5) is 5.69 Å². The number of nitriles is 1. The first-order valence-electron chi connectivity index (χ1n) is 6.86. The monoisotopic (exact) mass is 291 g/mol. The van der Waals surface area contributed by atoms with E-state index in [1.807, 2.05) is 30.3 Å². The highest BCUT2D eigenvalue weighted by molar-refractivity contribution is 5.91. The van der Waals surface area contributed by atoms with Gasteiger partial charge < -0.3 is 5.32 Å². The fourth-order valence-corrected chi connectivity index (χ4v) is 2.19. The van der Waals surface area contributed by atoms with Crippen molar-refractivity contribution < 1.29 is 4.79 Å². The van der Waals surface area contributed by atoms with Crippen molar-refractivity contribution >= 4 is 17.2 Å². The largest absolute Gasteiger partial charge is 0.326 e.